The van der Waals surface area contributed by atoms with Gasteiger partial charge in [0.15, 0.2) is 0 Å². The summed E-state index contributed by atoms with van der Waals surface area (Å²) in [6, 6.07) is 20.7. The molecule has 4 aromatic rings. The SMILES string of the molecule is CCOC(=O)c1c(-c2ccccc2)csc1NC(=O)c1ccc2cc(OC)ccc2c1. The number of ether oxygens (including phenoxy) is 2. The quantitative estimate of drug-likeness (QED) is 0.380. The molecule has 0 aliphatic heterocycles. The lowest BCUT2D eigenvalue weighted by Gasteiger charge is -2.09. The normalized spacial score (nSPS) is 10.6. The Morgan fingerprint density at radius 1 is 0.968 bits per heavy atom. The zero-order valence-electron chi connectivity index (χ0n) is 17.2. The highest BCUT2D eigenvalue weighted by Crippen LogP contribution is 2.36. The van der Waals surface area contributed by atoms with Crippen molar-refractivity contribution >= 4 is 39.0 Å². The third-order valence-corrected chi connectivity index (χ3v) is 5.79. The highest BCUT2D eigenvalue weighted by Gasteiger charge is 2.23. The first-order valence-electron chi connectivity index (χ1n) is 9.84. The number of anilines is 1. The fourth-order valence-electron chi connectivity index (χ4n) is 3.35. The third-order valence-electron chi connectivity index (χ3n) is 4.89. The van der Waals surface area contributed by atoms with E-state index in [-0.39, 0.29) is 12.5 Å². The topological polar surface area (TPSA) is 64.6 Å². The lowest BCUT2D eigenvalue weighted by molar-refractivity contribution is 0.0529. The minimum Gasteiger partial charge on any atom is -0.497 e. The number of carbonyl (C=O) groups is 2. The molecule has 1 N–H and O–H groups in total. The number of thiophene rings is 1. The number of methoxy groups -OCH3 is 1. The highest BCUT2D eigenvalue weighted by molar-refractivity contribution is 7.15. The van der Waals surface area contributed by atoms with E-state index in [1.807, 2.05) is 66.0 Å². The molecule has 1 aromatic heterocycles. The first-order chi connectivity index (χ1) is 15.1. The van der Waals surface area contributed by atoms with Crippen molar-refractivity contribution in [3.63, 3.8) is 0 Å². The van der Waals surface area contributed by atoms with E-state index in [0.29, 0.717) is 16.1 Å². The van der Waals surface area contributed by atoms with Crippen molar-refractivity contribution in [1.29, 1.82) is 0 Å². The first-order valence-corrected chi connectivity index (χ1v) is 10.7. The van der Waals surface area contributed by atoms with Gasteiger partial charge in [-0.15, -0.1) is 11.3 Å². The van der Waals surface area contributed by atoms with Crippen molar-refractivity contribution in [3.05, 3.63) is 83.2 Å². The Balaban J connectivity index is 1.67. The van der Waals surface area contributed by atoms with Gasteiger partial charge in [0.25, 0.3) is 5.91 Å². The summed E-state index contributed by atoms with van der Waals surface area (Å²) in [4.78, 5) is 25.7. The van der Waals surface area contributed by atoms with Crippen LogP contribution in [0.25, 0.3) is 21.9 Å². The van der Waals surface area contributed by atoms with Crippen LogP contribution in [0.5, 0.6) is 5.75 Å². The zero-order chi connectivity index (χ0) is 21.8. The van der Waals surface area contributed by atoms with Crippen LogP contribution >= 0.6 is 11.3 Å². The maximum Gasteiger partial charge on any atom is 0.341 e. The van der Waals surface area contributed by atoms with Crippen molar-refractivity contribution in [1.82, 2.24) is 0 Å². The summed E-state index contributed by atoms with van der Waals surface area (Å²) in [7, 11) is 1.62. The van der Waals surface area contributed by atoms with Crippen molar-refractivity contribution < 1.29 is 19.1 Å². The van der Waals surface area contributed by atoms with Crippen molar-refractivity contribution in [2.24, 2.45) is 0 Å². The van der Waals surface area contributed by atoms with Crippen molar-refractivity contribution in [2.45, 2.75) is 6.92 Å². The summed E-state index contributed by atoms with van der Waals surface area (Å²) >= 11 is 1.31. The van der Waals surface area contributed by atoms with Gasteiger partial charge in [-0.3, -0.25) is 4.79 Å². The molecule has 0 atom stereocenters. The molecule has 0 fully saturated rings. The predicted molar refractivity (Wildman–Crippen MR) is 124 cm³/mol. The molecule has 0 spiro atoms. The highest BCUT2D eigenvalue weighted by atomic mass is 32.1. The molecule has 0 saturated heterocycles. The number of esters is 1. The molecule has 5 nitrogen and oxygen atoms in total. The lowest BCUT2D eigenvalue weighted by Crippen LogP contribution is -2.14. The Hall–Kier alpha value is -3.64. The summed E-state index contributed by atoms with van der Waals surface area (Å²) in [6.45, 7) is 2.01. The second-order valence-corrected chi connectivity index (χ2v) is 7.70. The first kappa shape index (κ1) is 20.6. The Bertz CT molecular complexity index is 1250. The molecule has 0 unspecified atom stereocenters. The lowest BCUT2D eigenvalue weighted by atomic mass is 10.0. The van der Waals surface area contributed by atoms with E-state index >= 15 is 0 Å². The summed E-state index contributed by atoms with van der Waals surface area (Å²) in [5.74, 6) is 0.0176. The average molecular weight is 432 g/mol. The summed E-state index contributed by atoms with van der Waals surface area (Å²) < 4.78 is 10.5. The van der Waals surface area contributed by atoms with E-state index in [2.05, 4.69) is 5.32 Å². The standard InChI is InChI=1S/C25H21NO4S/c1-3-30-25(28)22-21(16-7-5-4-6-8-16)15-31-24(22)26-23(27)19-10-9-18-14-20(29-2)12-11-17(18)13-19/h4-15H,3H2,1-2H3,(H,26,27). The molecule has 3 aromatic carbocycles. The number of benzene rings is 3. The van der Waals surface area contributed by atoms with Gasteiger partial charge < -0.3 is 14.8 Å². The van der Waals surface area contributed by atoms with E-state index in [4.69, 9.17) is 9.47 Å². The largest absolute Gasteiger partial charge is 0.497 e. The van der Waals surface area contributed by atoms with Gasteiger partial charge in [0.05, 0.1) is 13.7 Å². The van der Waals surface area contributed by atoms with E-state index in [1.54, 1.807) is 20.1 Å². The van der Waals surface area contributed by atoms with Gasteiger partial charge in [-0.1, -0.05) is 42.5 Å². The Labute approximate surface area is 184 Å². The smallest absolute Gasteiger partial charge is 0.341 e. The van der Waals surface area contributed by atoms with Crippen LogP contribution in [0.3, 0.4) is 0 Å². The van der Waals surface area contributed by atoms with E-state index in [1.165, 1.54) is 11.3 Å². The van der Waals surface area contributed by atoms with Crippen LogP contribution in [-0.2, 0) is 4.74 Å². The van der Waals surface area contributed by atoms with Crippen LogP contribution in [-0.4, -0.2) is 25.6 Å². The minimum atomic E-state index is -0.455. The van der Waals surface area contributed by atoms with E-state index in [9.17, 15) is 9.59 Å². The molecule has 0 aliphatic rings. The predicted octanol–water partition coefficient (Wildman–Crippen LogP) is 6.01. The molecule has 0 radical (unpaired) electrons. The zero-order valence-corrected chi connectivity index (χ0v) is 18.0. The maximum atomic E-state index is 13.0. The minimum absolute atomic E-state index is 0.254. The molecular formula is C25H21NO4S. The summed E-state index contributed by atoms with van der Waals surface area (Å²) in [5.41, 5.74) is 2.51. The molecule has 4 rings (SSSR count). The van der Waals surface area contributed by atoms with Crippen LogP contribution in [0, 0.1) is 0 Å². The number of rotatable bonds is 6. The van der Waals surface area contributed by atoms with Gasteiger partial charge in [-0.05, 0) is 47.5 Å². The monoisotopic (exact) mass is 431 g/mol. The molecular weight excluding hydrogens is 410 g/mol. The van der Waals surface area contributed by atoms with Gasteiger partial charge in [0.2, 0.25) is 0 Å². The molecule has 31 heavy (non-hydrogen) atoms. The van der Waals surface area contributed by atoms with Gasteiger partial charge in [-0.25, -0.2) is 4.79 Å². The molecule has 1 amide bonds. The number of hydrogen-bond donors (Lipinski definition) is 1. The van der Waals surface area contributed by atoms with Crippen LogP contribution in [0.1, 0.15) is 27.6 Å². The summed E-state index contributed by atoms with van der Waals surface area (Å²) in [5, 5.41) is 7.14. The van der Waals surface area contributed by atoms with Crippen LogP contribution in [0.4, 0.5) is 5.00 Å². The number of fused-ring (bicyclic) bond motifs is 1. The van der Waals surface area contributed by atoms with Gasteiger partial charge in [0, 0.05) is 16.5 Å². The fraction of sp³-hybridized carbons (Fsp3) is 0.120. The summed E-state index contributed by atoms with van der Waals surface area (Å²) in [6.07, 6.45) is 0. The second-order valence-electron chi connectivity index (χ2n) is 6.82. The molecule has 156 valence electrons. The molecule has 1 heterocycles. The van der Waals surface area contributed by atoms with Crippen LogP contribution < -0.4 is 10.1 Å². The Morgan fingerprint density at radius 2 is 1.71 bits per heavy atom. The molecule has 0 bridgehead atoms. The van der Waals surface area contributed by atoms with Crippen molar-refractivity contribution in [3.8, 4) is 16.9 Å². The third kappa shape index (κ3) is 4.29. The number of hydrogen-bond acceptors (Lipinski definition) is 5. The van der Waals surface area contributed by atoms with Gasteiger partial charge >= 0.3 is 5.97 Å². The fourth-order valence-corrected chi connectivity index (χ4v) is 4.31. The Kier molecular flexibility index (Phi) is 6.00. The molecule has 6 heteroatoms. The maximum absolute atomic E-state index is 13.0. The number of nitrogens with one attached hydrogen (secondary N) is 1. The molecule has 0 aliphatic carbocycles. The Morgan fingerprint density at radius 3 is 2.45 bits per heavy atom. The van der Waals surface area contributed by atoms with Gasteiger partial charge in [-0.2, -0.15) is 0 Å². The van der Waals surface area contributed by atoms with E-state index < -0.39 is 5.97 Å². The number of amides is 1. The van der Waals surface area contributed by atoms with Gasteiger partial charge in [0.1, 0.15) is 16.3 Å². The second kappa shape index (κ2) is 9.02. The number of carbonyl (C=O) groups excluding carboxylic acids is 2. The van der Waals surface area contributed by atoms with Crippen LogP contribution in [0.15, 0.2) is 72.1 Å². The molecule has 0 saturated carbocycles. The van der Waals surface area contributed by atoms with E-state index in [0.717, 1.165) is 27.6 Å². The van der Waals surface area contributed by atoms with Crippen molar-refractivity contribution in [2.75, 3.05) is 19.0 Å². The average Bonchev–Trinajstić information content (AvgIpc) is 3.22. The van der Waals surface area contributed by atoms with Crippen LogP contribution in [0.2, 0.25) is 0 Å².